The minimum atomic E-state index is -1.01. The Morgan fingerprint density at radius 3 is 3.12 bits per heavy atom. The number of hydrogen-bond donors (Lipinski definition) is 3. The van der Waals surface area contributed by atoms with Gasteiger partial charge in [-0.25, -0.2) is 0 Å². The molecule has 0 aromatic carbocycles. The maximum absolute atomic E-state index is 11.9. The van der Waals surface area contributed by atoms with Crippen LogP contribution < -0.4 is 5.32 Å². The Balaban J connectivity index is 2.11. The number of carbonyl (C=O) groups excluding carboxylic acids is 1. The lowest BCUT2D eigenvalue weighted by atomic mass is 10.4. The van der Waals surface area contributed by atoms with Gasteiger partial charge in [0.25, 0.3) is 5.91 Å². The van der Waals surface area contributed by atoms with Crippen LogP contribution in [0.15, 0.2) is 11.5 Å². The fourth-order valence-corrected chi connectivity index (χ4v) is 1.87. The van der Waals surface area contributed by atoms with Crippen molar-refractivity contribution in [2.75, 3.05) is 26.3 Å². The van der Waals surface area contributed by atoms with E-state index in [2.05, 4.69) is 5.32 Å². The lowest BCUT2D eigenvalue weighted by Gasteiger charge is -2.22. The molecule has 0 aliphatic carbocycles. The van der Waals surface area contributed by atoms with Crippen LogP contribution in [0.1, 0.15) is 12.8 Å². The molecular formula is C10H16N2O4. The second-order valence-electron chi connectivity index (χ2n) is 3.82. The molecule has 2 heterocycles. The van der Waals surface area contributed by atoms with E-state index in [0.717, 1.165) is 6.42 Å². The zero-order valence-corrected chi connectivity index (χ0v) is 8.98. The summed E-state index contributed by atoms with van der Waals surface area (Å²) in [6, 6.07) is 0. The first-order valence-corrected chi connectivity index (χ1v) is 5.46. The molecule has 3 N–H and O–H groups in total. The smallest absolute Gasteiger partial charge is 0.276 e. The van der Waals surface area contributed by atoms with Crippen LogP contribution >= 0.6 is 0 Å². The van der Waals surface area contributed by atoms with Gasteiger partial charge in [0.2, 0.25) is 0 Å². The summed E-state index contributed by atoms with van der Waals surface area (Å²) in [6.07, 6.45) is 0.243. The van der Waals surface area contributed by atoms with Gasteiger partial charge < -0.3 is 25.2 Å². The van der Waals surface area contributed by atoms with E-state index in [-0.39, 0.29) is 12.5 Å². The van der Waals surface area contributed by atoms with Crippen molar-refractivity contribution in [2.45, 2.75) is 19.1 Å². The number of ether oxygens (including phenoxy) is 1. The highest BCUT2D eigenvalue weighted by Crippen LogP contribution is 2.25. The molecule has 1 unspecified atom stereocenters. The Kier molecular flexibility index (Phi) is 3.31. The van der Waals surface area contributed by atoms with Gasteiger partial charge >= 0.3 is 0 Å². The molecule has 0 radical (unpaired) electrons. The zero-order valence-electron chi connectivity index (χ0n) is 8.98. The number of carbonyl (C=O) groups is 1. The summed E-state index contributed by atoms with van der Waals surface area (Å²) in [5.41, 5.74) is 0.364. The molecule has 90 valence electrons. The van der Waals surface area contributed by atoms with Crippen molar-refractivity contribution < 1.29 is 19.7 Å². The van der Waals surface area contributed by atoms with Crippen molar-refractivity contribution in [2.24, 2.45) is 0 Å². The van der Waals surface area contributed by atoms with Gasteiger partial charge in [0.1, 0.15) is 5.70 Å². The van der Waals surface area contributed by atoms with E-state index in [9.17, 15) is 9.90 Å². The summed E-state index contributed by atoms with van der Waals surface area (Å²) in [5, 5.41) is 21.6. The summed E-state index contributed by atoms with van der Waals surface area (Å²) in [5.74, 6) is 0.0679. The number of rotatable bonds is 3. The standard InChI is InChI=1S/C10H16N2O4/c13-5-2-4-12-9(14)7-8(10(12)15)16-6-1-3-11-7/h10-11,13,15H,1-6H2. The normalized spacial score (nSPS) is 25.0. The summed E-state index contributed by atoms with van der Waals surface area (Å²) >= 11 is 0. The van der Waals surface area contributed by atoms with Crippen molar-refractivity contribution >= 4 is 5.91 Å². The first-order chi connectivity index (χ1) is 7.75. The maximum Gasteiger partial charge on any atom is 0.276 e. The molecule has 1 amide bonds. The molecule has 0 aromatic rings. The summed E-state index contributed by atoms with van der Waals surface area (Å²) < 4.78 is 5.36. The Hall–Kier alpha value is -1.27. The van der Waals surface area contributed by atoms with Crippen molar-refractivity contribution in [3.8, 4) is 0 Å². The van der Waals surface area contributed by atoms with Crippen LogP contribution in [-0.4, -0.2) is 53.6 Å². The molecule has 6 nitrogen and oxygen atoms in total. The van der Waals surface area contributed by atoms with Gasteiger partial charge in [0.15, 0.2) is 12.0 Å². The highest BCUT2D eigenvalue weighted by molar-refractivity contribution is 5.96. The molecule has 0 saturated heterocycles. The number of amides is 1. The Morgan fingerprint density at radius 2 is 2.38 bits per heavy atom. The van der Waals surface area contributed by atoms with Crippen LogP contribution in [0.25, 0.3) is 0 Å². The molecule has 0 aromatic heterocycles. The van der Waals surface area contributed by atoms with E-state index < -0.39 is 6.23 Å². The molecule has 0 bridgehead atoms. The van der Waals surface area contributed by atoms with Crippen LogP contribution in [0.5, 0.6) is 0 Å². The molecular weight excluding hydrogens is 212 g/mol. The van der Waals surface area contributed by atoms with Gasteiger partial charge in [-0.3, -0.25) is 4.79 Å². The van der Waals surface area contributed by atoms with Gasteiger partial charge in [-0.1, -0.05) is 0 Å². The van der Waals surface area contributed by atoms with Gasteiger partial charge in [0.05, 0.1) is 6.61 Å². The summed E-state index contributed by atoms with van der Waals surface area (Å²) in [4.78, 5) is 13.2. The topological polar surface area (TPSA) is 82.0 Å². The molecule has 2 rings (SSSR count). The van der Waals surface area contributed by atoms with Crippen LogP contribution in [0.4, 0.5) is 0 Å². The lowest BCUT2D eigenvalue weighted by Crippen LogP contribution is -2.38. The molecule has 0 spiro atoms. The molecule has 16 heavy (non-hydrogen) atoms. The van der Waals surface area contributed by atoms with E-state index in [1.54, 1.807) is 0 Å². The van der Waals surface area contributed by atoms with Crippen LogP contribution in [0.2, 0.25) is 0 Å². The van der Waals surface area contributed by atoms with E-state index in [1.165, 1.54) is 4.90 Å². The highest BCUT2D eigenvalue weighted by Gasteiger charge is 2.40. The van der Waals surface area contributed by atoms with Crippen LogP contribution in [0, 0.1) is 0 Å². The average molecular weight is 228 g/mol. The second-order valence-corrected chi connectivity index (χ2v) is 3.82. The Bertz CT molecular complexity index is 316. The molecule has 2 aliphatic heterocycles. The minimum Gasteiger partial charge on any atom is -0.491 e. The van der Waals surface area contributed by atoms with Crippen molar-refractivity contribution in [1.29, 1.82) is 0 Å². The van der Waals surface area contributed by atoms with Crippen molar-refractivity contribution in [1.82, 2.24) is 10.2 Å². The van der Waals surface area contributed by atoms with E-state index in [4.69, 9.17) is 9.84 Å². The number of aliphatic hydroxyl groups is 2. The molecule has 6 heteroatoms. The molecule has 0 saturated carbocycles. The number of nitrogens with zero attached hydrogens (tertiary/aromatic N) is 1. The number of hydrogen-bond acceptors (Lipinski definition) is 5. The number of nitrogens with one attached hydrogen (secondary N) is 1. The van der Waals surface area contributed by atoms with E-state index in [1.807, 2.05) is 0 Å². The highest BCUT2D eigenvalue weighted by atomic mass is 16.5. The molecule has 0 fully saturated rings. The zero-order chi connectivity index (χ0) is 11.5. The third kappa shape index (κ3) is 1.85. The van der Waals surface area contributed by atoms with Gasteiger partial charge in [-0.2, -0.15) is 0 Å². The van der Waals surface area contributed by atoms with Gasteiger partial charge in [-0.15, -0.1) is 0 Å². The predicted octanol–water partition coefficient (Wildman–Crippen LogP) is -1.25. The number of aliphatic hydroxyl groups excluding tert-OH is 2. The SMILES string of the molecule is O=C1C2=C(OCCCN2)C(O)N1CCCO. The van der Waals surface area contributed by atoms with Crippen molar-refractivity contribution in [3.05, 3.63) is 11.5 Å². The van der Waals surface area contributed by atoms with Gasteiger partial charge in [-0.05, 0) is 12.8 Å². The largest absolute Gasteiger partial charge is 0.491 e. The summed E-state index contributed by atoms with van der Waals surface area (Å²) in [6.45, 7) is 1.50. The average Bonchev–Trinajstić information content (AvgIpc) is 2.51. The summed E-state index contributed by atoms with van der Waals surface area (Å²) in [7, 11) is 0. The second kappa shape index (κ2) is 4.71. The Labute approximate surface area is 93.5 Å². The first-order valence-electron chi connectivity index (χ1n) is 5.46. The maximum atomic E-state index is 11.9. The monoisotopic (exact) mass is 228 g/mol. The van der Waals surface area contributed by atoms with Crippen LogP contribution in [-0.2, 0) is 9.53 Å². The Morgan fingerprint density at radius 1 is 1.56 bits per heavy atom. The van der Waals surface area contributed by atoms with Crippen molar-refractivity contribution in [3.63, 3.8) is 0 Å². The molecule has 2 aliphatic rings. The fraction of sp³-hybridized carbons (Fsp3) is 0.700. The lowest BCUT2D eigenvalue weighted by molar-refractivity contribution is -0.133. The van der Waals surface area contributed by atoms with Crippen LogP contribution in [0.3, 0.4) is 0 Å². The first kappa shape index (κ1) is 11.2. The third-order valence-corrected chi connectivity index (χ3v) is 2.69. The quantitative estimate of drug-likeness (QED) is 0.562. The predicted molar refractivity (Wildman–Crippen MR) is 55.0 cm³/mol. The fourth-order valence-electron chi connectivity index (χ4n) is 1.87. The minimum absolute atomic E-state index is 0.00451. The van der Waals surface area contributed by atoms with E-state index >= 15 is 0 Å². The van der Waals surface area contributed by atoms with Gasteiger partial charge in [0, 0.05) is 19.7 Å². The van der Waals surface area contributed by atoms with E-state index in [0.29, 0.717) is 37.6 Å². The third-order valence-electron chi connectivity index (χ3n) is 2.69. The molecule has 1 atom stereocenters.